The van der Waals surface area contributed by atoms with Crippen LogP contribution in [0.5, 0.6) is 17.2 Å². The maximum Gasteiger partial charge on any atom is 0.336 e. The molecule has 2 rings (SSSR count). The fourth-order valence-electron chi connectivity index (χ4n) is 2.72. The van der Waals surface area contributed by atoms with Crippen LogP contribution in [0.3, 0.4) is 0 Å². The van der Waals surface area contributed by atoms with Gasteiger partial charge in [0.1, 0.15) is 5.75 Å². The van der Waals surface area contributed by atoms with Crippen LogP contribution in [0.4, 0.5) is 0 Å². The van der Waals surface area contributed by atoms with Gasteiger partial charge in [0.15, 0.2) is 11.5 Å². The predicted octanol–water partition coefficient (Wildman–Crippen LogP) is 3.66. The number of carboxylic acids is 1. The summed E-state index contributed by atoms with van der Waals surface area (Å²) in [4.78, 5) is 14.0. The molecule has 0 heterocycles. The second-order valence-electron chi connectivity index (χ2n) is 6.48. The first-order valence-electron chi connectivity index (χ1n) is 9.00. The molecule has 0 aliphatic heterocycles. The molecule has 0 fully saturated rings. The van der Waals surface area contributed by atoms with Crippen molar-refractivity contribution in [2.75, 3.05) is 41.5 Å². The van der Waals surface area contributed by atoms with Crippen molar-refractivity contribution in [3.63, 3.8) is 0 Å². The normalized spacial score (nSPS) is 11.4. The van der Waals surface area contributed by atoms with Gasteiger partial charge >= 0.3 is 5.97 Å². The van der Waals surface area contributed by atoms with Gasteiger partial charge in [0.2, 0.25) is 0 Å². The Balaban J connectivity index is 2.33. The lowest BCUT2D eigenvalue weighted by molar-refractivity contribution is -0.130. The molecule has 0 radical (unpaired) electrons. The van der Waals surface area contributed by atoms with E-state index in [1.807, 2.05) is 38.4 Å². The minimum atomic E-state index is -1.03. The molecule has 0 amide bonds. The zero-order chi connectivity index (χ0) is 20.5. The molecule has 0 aromatic heterocycles. The van der Waals surface area contributed by atoms with Gasteiger partial charge in [-0.05, 0) is 50.4 Å². The zero-order valence-electron chi connectivity index (χ0n) is 16.8. The lowest BCUT2D eigenvalue weighted by atomic mass is 10.0. The van der Waals surface area contributed by atoms with E-state index in [2.05, 4.69) is 4.90 Å². The second-order valence-corrected chi connectivity index (χ2v) is 6.48. The molecule has 2 aromatic carbocycles. The molecule has 2 aromatic rings. The Kier molecular flexibility index (Phi) is 7.89. The molecular weight excluding hydrogens is 358 g/mol. The average Bonchev–Trinajstić information content (AvgIpc) is 2.69. The van der Waals surface area contributed by atoms with Crippen molar-refractivity contribution in [3.8, 4) is 17.2 Å². The number of para-hydroxylation sites is 1. The Labute approximate surface area is 166 Å². The topological polar surface area (TPSA) is 68.2 Å². The molecule has 0 aliphatic rings. The SMILES string of the molecule is COc1ccc(/C(=C/c2ccccc2OCCCN(C)C)C(=O)O)cc1OC. The number of rotatable bonds is 10. The zero-order valence-corrected chi connectivity index (χ0v) is 16.8. The minimum Gasteiger partial charge on any atom is -0.493 e. The van der Waals surface area contributed by atoms with Crippen LogP contribution in [-0.2, 0) is 4.79 Å². The Hall–Kier alpha value is -2.99. The smallest absolute Gasteiger partial charge is 0.336 e. The standard InChI is InChI=1S/C22H27NO5/c1-23(2)12-7-13-28-19-9-6-5-8-17(19)14-18(22(24)25)16-10-11-20(26-3)21(15-16)27-4/h5-6,8-11,14-15H,7,12-13H2,1-4H3,(H,24,25)/b18-14-. The highest BCUT2D eigenvalue weighted by atomic mass is 16.5. The molecule has 6 nitrogen and oxygen atoms in total. The van der Waals surface area contributed by atoms with Crippen LogP contribution in [0.2, 0.25) is 0 Å². The number of hydrogen-bond donors (Lipinski definition) is 1. The maximum atomic E-state index is 11.9. The fraction of sp³-hybridized carbons (Fsp3) is 0.318. The van der Waals surface area contributed by atoms with E-state index >= 15 is 0 Å². The molecule has 0 aliphatic carbocycles. The van der Waals surface area contributed by atoms with Crippen molar-refractivity contribution in [2.45, 2.75) is 6.42 Å². The number of ether oxygens (including phenoxy) is 3. The quantitative estimate of drug-likeness (QED) is 0.382. The van der Waals surface area contributed by atoms with Gasteiger partial charge in [0.25, 0.3) is 0 Å². The highest BCUT2D eigenvalue weighted by molar-refractivity contribution is 6.21. The second kappa shape index (κ2) is 10.4. The Morgan fingerprint density at radius 1 is 1.04 bits per heavy atom. The first-order chi connectivity index (χ1) is 13.5. The van der Waals surface area contributed by atoms with Crippen LogP contribution in [0.1, 0.15) is 17.5 Å². The molecule has 1 N–H and O–H groups in total. The molecular formula is C22H27NO5. The number of benzene rings is 2. The van der Waals surface area contributed by atoms with Gasteiger partial charge in [-0.25, -0.2) is 4.79 Å². The van der Waals surface area contributed by atoms with Crippen LogP contribution in [0, 0.1) is 0 Å². The van der Waals surface area contributed by atoms with Gasteiger partial charge < -0.3 is 24.2 Å². The highest BCUT2D eigenvalue weighted by Crippen LogP contribution is 2.32. The van der Waals surface area contributed by atoms with E-state index in [-0.39, 0.29) is 5.57 Å². The summed E-state index contributed by atoms with van der Waals surface area (Å²) in [6.45, 7) is 1.48. The van der Waals surface area contributed by atoms with Crippen LogP contribution < -0.4 is 14.2 Å². The van der Waals surface area contributed by atoms with Crippen molar-refractivity contribution < 1.29 is 24.1 Å². The van der Waals surface area contributed by atoms with E-state index in [4.69, 9.17) is 14.2 Å². The monoisotopic (exact) mass is 385 g/mol. The van der Waals surface area contributed by atoms with Crippen LogP contribution in [0.25, 0.3) is 11.6 Å². The summed E-state index contributed by atoms with van der Waals surface area (Å²) in [6, 6.07) is 12.4. The summed E-state index contributed by atoms with van der Waals surface area (Å²) in [5.41, 5.74) is 1.37. The first-order valence-corrected chi connectivity index (χ1v) is 9.00. The van der Waals surface area contributed by atoms with Crippen molar-refractivity contribution in [2.24, 2.45) is 0 Å². The number of carboxylic acid groups (broad SMARTS) is 1. The van der Waals surface area contributed by atoms with Crippen LogP contribution in [0.15, 0.2) is 42.5 Å². The summed E-state index contributed by atoms with van der Waals surface area (Å²) in [5.74, 6) is 0.635. The van der Waals surface area contributed by atoms with E-state index < -0.39 is 5.97 Å². The third kappa shape index (κ3) is 5.76. The molecule has 0 bridgehead atoms. The van der Waals surface area contributed by atoms with Gasteiger partial charge in [-0.1, -0.05) is 24.3 Å². The minimum absolute atomic E-state index is 0.144. The summed E-state index contributed by atoms with van der Waals surface area (Å²) in [5, 5.41) is 9.76. The Morgan fingerprint density at radius 3 is 2.39 bits per heavy atom. The maximum absolute atomic E-state index is 11.9. The van der Waals surface area contributed by atoms with Crippen molar-refractivity contribution in [3.05, 3.63) is 53.6 Å². The largest absolute Gasteiger partial charge is 0.493 e. The van der Waals surface area contributed by atoms with Gasteiger partial charge in [0.05, 0.1) is 26.4 Å². The molecule has 28 heavy (non-hydrogen) atoms. The molecule has 0 atom stereocenters. The Bertz CT molecular complexity index is 829. The van der Waals surface area contributed by atoms with Gasteiger partial charge in [-0.15, -0.1) is 0 Å². The summed E-state index contributed by atoms with van der Waals surface area (Å²) in [7, 11) is 7.08. The highest BCUT2D eigenvalue weighted by Gasteiger charge is 2.15. The van der Waals surface area contributed by atoms with E-state index in [0.717, 1.165) is 13.0 Å². The number of hydrogen-bond acceptors (Lipinski definition) is 5. The summed E-state index contributed by atoms with van der Waals surface area (Å²) in [6.07, 6.45) is 2.50. The van der Waals surface area contributed by atoms with Crippen LogP contribution in [-0.4, -0.2) is 57.4 Å². The van der Waals surface area contributed by atoms with Gasteiger partial charge in [-0.2, -0.15) is 0 Å². The molecule has 6 heteroatoms. The first kappa shape index (κ1) is 21.3. The predicted molar refractivity (Wildman–Crippen MR) is 110 cm³/mol. The molecule has 150 valence electrons. The van der Waals surface area contributed by atoms with E-state index in [0.29, 0.717) is 35.0 Å². The average molecular weight is 385 g/mol. The van der Waals surface area contributed by atoms with Crippen molar-refractivity contribution in [1.29, 1.82) is 0 Å². The van der Waals surface area contributed by atoms with Gasteiger partial charge in [-0.3, -0.25) is 0 Å². The number of methoxy groups -OCH3 is 2. The Morgan fingerprint density at radius 2 is 1.75 bits per heavy atom. The van der Waals surface area contributed by atoms with E-state index in [1.165, 1.54) is 14.2 Å². The van der Waals surface area contributed by atoms with Crippen LogP contribution >= 0.6 is 0 Å². The van der Waals surface area contributed by atoms with E-state index in [1.54, 1.807) is 24.3 Å². The van der Waals surface area contributed by atoms with Crippen molar-refractivity contribution >= 4 is 17.6 Å². The summed E-state index contributed by atoms with van der Waals surface area (Å²) < 4.78 is 16.4. The molecule has 0 saturated heterocycles. The lowest BCUT2D eigenvalue weighted by Gasteiger charge is -2.13. The summed E-state index contributed by atoms with van der Waals surface area (Å²) >= 11 is 0. The third-order valence-corrected chi connectivity index (χ3v) is 4.15. The fourth-order valence-corrected chi connectivity index (χ4v) is 2.72. The van der Waals surface area contributed by atoms with E-state index in [9.17, 15) is 9.90 Å². The van der Waals surface area contributed by atoms with Gasteiger partial charge in [0, 0.05) is 12.1 Å². The third-order valence-electron chi connectivity index (χ3n) is 4.15. The molecule has 0 saturated carbocycles. The molecule has 0 unspecified atom stereocenters. The molecule has 0 spiro atoms. The lowest BCUT2D eigenvalue weighted by Crippen LogP contribution is -2.15. The number of nitrogens with zero attached hydrogens (tertiary/aromatic N) is 1. The number of aliphatic carboxylic acids is 1. The number of carbonyl (C=O) groups is 1. The van der Waals surface area contributed by atoms with Crippen molar-refractivity contribution in [1.82, 2.24) is 4.90 Å².